The number of alkyl halides is 1. The van der Waals surface area contributed by atoms with Gasteiger partial charge in [0.05, 0.1) is 0 Å². The fourth-order valence-corrected chi connectivity index (χ4v) is 1.81. The van der Waals surface area contributed by atoms with Crippen molar-refractivity contribution in [2.45, 2.75) is 5.50 Å². The van der Waals surface area contributed by atoms with E-state index in [-0.39, 0.29) is 0 Å². The summed E-state index contributed by atoms with van der Waals surface area (Å²) in [6, 6.07) is 7.95. The Morgan fingerprint density at radius 2 is 2.07 bits per heavy atom. The van der Waals surface area contributed by atoms with Gasteiger partial charge in [-0.05, 0) is 0 Å². The van der Waals surface area contributed by atoms with Gasteiger partial charge in [0.1, 0.15) is 11.4 Å². The molecular weight excluding hydrogens is 198 g/mol. The molecule has 0 aliphatic carbocycles. The number of halogens is 1. The number of nitrogens with zero attached hydrogens (tertiary/aromatic N) is 3. The molecule has 2 heterocycles. The van der Waals surface area contributed by atoms with Crippen LogP contribution in [0.15, 0.2) is 40.7 Å². The molecule has 3 nitrogen and oxygen atoms in total. The lowest BCUT2D eigenvalue weighted by Gasteiger charge is -2.01. The fraction of sp³-hybridized carbons (Fsp3) is 0.100. The van der Waals surface area contributed by atoms with Crippen LogP contribution in [0.4, 0.5) is 5.69 Å². The van der Waals surface area contributed by atoms with Crippen LogP contribution in [-0.2, 0) is 0 Å². The second kappa shape index (κ2) is 2.75. The van der Waals surface area contributed by atoms with Crippen LogP contribution in [0, 0.1) is 0 Å². The van der Waals surface area contributed by atoms with Gasteiger partial charge in [-0.25, -0.2) is 0 Å². The van der Waals surface area contributed by atoms with Crippen LogP contribution in [-0.4, -0.2) is 4.98 Å². The van der Waals surface area contributed by atoms with E-state index in [0.29, 0.717) is 0 Å². The minimum absolute atomic E-state index is 0.422. The van der Waals surface area contributed by atoms with Gasteiger partial charge in [-0.2, -0.15) is 10.2 Å². The van der Waals surface area contributed by atoms with Crippen molar-refractivity contribution in [3.8, 4) is 0 Å². The summed E-state index contributed by atoms with van der Waals surface area (Å²) in [5, 5.41) is 10.0. The van der Waals surface area contributed by atoms with Crippen molar-refractivity contribution in [3.63, 3.8) is 0 Å². The molecule has 3 rings (SSSR count). The molecule has 4 heteroatoms. The Bertz CT molecular complexity index is 536. The Morgan fingerprint density at radius 3 is 3.00 bits per heavy atom. The third kappa shape index (κ3) is 0.960. The highest BCUT2D eigenvalue weighted by atomic mass is 35.5. The lowest BCUT2D eigenvalue weighted by molar-refractivity contribution is 0.955. The standard InChI is InChI=1S/C10H6ClN3/c11-10-9-8(13-14-10)7-4-2-1-3-6(7)5-12-9/h1-5,10H/t10-/m0/s1. The summed E-state index contributed by atoms with van der Waals surface area (Å²) in [6.45, 7) is 0. The van der Waals surface area contributed by atoms with E-state index in [1.165, 1.54) is 0 Å². The number of benzene rings is 1. The molecule has 0 unspecified atom stereocenters. The van der Waals surface area contributed by atoms with Crippen molar-refractivity contribution in [3.05, 3.63) is 36.2 Å². The summed E-state index contributed by atoms with van der Waals surface area (Å²) in [5.74, 6) is 0. The maximum Gasteiger partial charge on any atom is 0.188 e. The smallest absolute Gasteiger partial charge is 0.188 e. The molecule has 0 N–H and O–H groups in total. The number of hydrogen-bond donors (Lipinski definition) is 0. The zero-order chi connectivity index (χ0) is 9.54. The van der Waals surface area contributed by atoms with Crippen LogP contribution in [0.5, 0.6) is 0 Å². The molecule has 0 radical (unpaired) electrons. The maximum atomic E-state index is 5.92. The van der Waals surface area contributed by atoms with Gasteiger partial charge >= 0.3 is 0 Å². The average Bonchev–Trinajstić information content (AvgIpc) is 2.61. The molecule has 1 aromatic heterocycles. The summed E-state index contributed by atoms with van der Waals surface area (Å²) >= 11 is 5.92. The molecule has 0 amide bonds. The number of fused-ring (bicyclic) bond motifs is 3. The molecule has 68 valence electrons. The third-order valence-electron chi connectivity index (χ3n) is 2.29. The van der Waals surface area contributed by atoms with E-state index in [1.54, 1.807) is 6.20 Å². The Kier molecular flexibility index (Phi) is 1.55. The third-order valence-corrected chi connectivity index (χ3v) is 2.58. The van der Waals surface area contributed by atoms with Crippen LogP contribution in [0.1, 0.15) is 11.2 Å². The van der Waals surface area contributed by atoms with E-state index >= 15 is 0 Å². The summed E-state index contributed by atoms with van der Waals surface area (Å²) in [5.41, 5.74) is 1.14. The molecule has 14 heavy (non-hydrogen) atoms. The average molecular weight is 204 g/mol. The van der Waals surface area contributed by atoms with E-state index < -0.39 is 5.50 Å². The second-order valence-electron chi connectivity index (χ2n) is 3.13. The normalized spacial score (nSPS) is 18.8. The first kappa shape index (κ1) is 7.88. The topological polar surface area (TPSA) is 37.6 Å². The molecule has 1 aliphatic heterocycles. The number of aromatic nitrogens is 1. The number of rotatable bonds is 0. The van der Waals surface area contributed by atoms with Gasteiger partial charge in [0.2, 0.25) is 0 Å². The molecule has 1 aromatic carbocycles. The van der Waals surface area contributed by atoms with Gasteiger partial charge in [0.15, 0.2) is 5.50 Å². The first-order chi connectivity index (χ1) is 6.86. The molecule has 0 saturated carbocycles. The summed E-state index contributed by atoms with van der Waals surface area (Å²) < 4.78 is 0. The van der Waals surface area contributed by atoms with Crippen molar-refractivity contribution in [1.29, 1.82) is 0 Å². The van der Waals surface area contributed by atoms with Crippen LogP contribution >= 0.6 is 11.6 Å². The highest BCUT2D eigenvalue weighted by Gasteiger charge is 2.21. The van der Waals surface area contributed by atoms with E-state index in [4.69, 9.17) is 11.6 Å². The van der Waals surface area contributed by atoms with Crippen LogP contribution in [0.25, 0.3) is 10.8 Å². The van der Waals surface area contributed by atoms with Crippen molar-refractivity contribution in [2.24, 2.45) is 10.2 Å². The quantitative estimate of drug-likeness (QED) is 0.476. The first-order valence-electron chi connectivity index (χ1n) is 4.29. The van der Waals surface area contributed by atoms with E-state index in [2.05, 4.69) is 15.2 Å². The minimum atomic E-state index is -0.422. The molecule has 1 aliphatic rings. The van der Waals surface area contributed by atoms with Crippen LogP contribution in [0.2, 0.25) is 0 Å². The van der Waals surface area contributed by atoms with Crippen molar-refractivity contribution in [2.75, 3.05) is 0 Å². The highest BCUT2D eigenvalue weighted by Crippen LogP contribution is 2.40. The van der Waals surface area contributed by atoms with E-state index in [1.807, 2.05) is 24.3 Å². The Balaban J connectivity index is 2.43. The lowest BCUT2D eigenvalue weighted by atomic mass is 10.1. The zero-order valence-electron chi connectivity index (χ0n) is 7.18. The van der Waals surface area contributed by atoms with Crippen LogP contribution in [0.3, 0.4) is 0 Å². The zero-order valence-corrected chi connectivity index (χ0v) is 7.94. The van der Waals surface area contributed by atoms with Gasteiger partial charge in [-0.3, -0.25) is 4.98 Å². The van der Waals surface area contributed by atoms with Gasteiger partial charge in [-0.1, -0.05) is 35.9 Å². The summed E-state index contributed by atoms with van der Waals surface area (Å²) in [7, 11) is 0. The van der Waals surface area contributed by atoms with Crippen molar-refractivity contribution < 1.29 is 0 Å². The van der Waals surface area contributed by atoms with Crippen molar-refractivity contribution in [1.82, 2.24) is 4.98 Å². The highest BCUT2D eigenvalue weighted by molar-refractivity contribution is 6.21. The SMILES string of the molecule is Cl[C@H]1N=Nc2c1ncc1ccccc21. The molecule has 0 bridgehead atoms. The minimum Gasteiger partial charge on any atom is -0.255 e. The van der Waals surface area contributed by atoms with Crippen LogP contribution < -0.4 is 0 Å². The van der Waals surface area contributed by atoms with Gasteiger partial charge in [0, 0.05) is 17.0 Å². The Morgan fingerprint density at radius 1 is 1.21 bits per heavy atom. The van der Waals surface area contributed by atoms with E-state index in [9.17, 15) is 0 Å². The molecule has 0 saturated heterocycles. The van der Waals surface area contributed by atoms with Gasteiger partial charge in [-0.15, -0.1) is 0 Å². The van der Waals surface area contributed by atoms with Gasteiger partial charge < -0.3 is 0 Å². The largest absolute Gasteiger partial charge is 0.255 e. The predicted octanol–water partition coefficient (Wildman–Crippen LogP) is 3.57. The molecule has 1 atom stereocenters. The lowest BCUT2D eigenvalue weighted by Crippen LogP contribution is -1.87. The summed E-state index contributed by atoms with van der Waals surface area (Å²) in [6.07, 6.45) is 1.81. The molecule has 0 fully saturated rings. The number of azo groups is 1. The maximum absolute atomic E-state index is 5.92. The van der Waals surface area contributed by atoms with Crippen molar-refractivity contribution >= 4 is 28.1 Å². The molecule has 0 spiro atoms. The summed E-state index contributed by atoms with van der Waals surface area (Å²) in [4.78, 5) is 4.25. The Hall–Kier alpha value is -1.48. The predicted molar refractivity (Wildman–Crippen MR) is 54.9 cm³/mol. The van der Waals surface area contributed by atoms with Gasteiger partial charge in [0.25, 0.3) is 0 Å². The first-order valence-corrected chi connectivity index (χ1v) is 4.72. The monoisotopic (exact) mass is 203 g/mol. The molecule has 2 aromatic rings. The molecular formula is C10H6ClN3. The van der Waals surface area contributed by atoms with E-state index in [0.717, 1.165) is 22.2 Å². The number of pyridine rings is 1. The fourth-order valence-electron chi connectivity index (χ4n) is 1.61. The Labute approximate surface area is 85.4 Å². The second-order valence-corrected chi connectivity index (χ2v) is 3.54. The number of hydrogen-bond acceptors (Lipinski definition) is 3.